The highest BCUT2D eigenvalue weighted by molar-refractivity contribution is 14.0. The van der Waals surface area contributed by atoms with Gasteiger partial charge in [0, 0.05) is 36.6 Å². The van der Waals surface area contributed by atoms with E-state index in [1.807, 2.05) is 12.4 Å². The number of aromatic nitrogens is 1. The molecule has 7 heteroatoms. The summed E-state index contributed by atoms with van der Waals surface area (Å²) in [5.74, 6) is 0.878. The Morgan fingerprint density at radius 3 is 2.39 bits per heavy atom. The minimum Gasteiger partial charge on any atom is -0.357 e. The van der Waals surface area contributed by atoms with Gasteiger partial charge in [0.25, 0.3) is 0 Å². The van der Waals surface area contributed by atoms with Crippen molar-refractivity contribution in [2.75, 3.05) is 19.6 Å². The molecule has 0 saturated heterocycles. The molecule has 1 aromatic rings. The molecule has 0 aliphatic carbocycles. The molecule has 23 heavy (non-hydrogen) atoms. The van der Waals surface area contributed by atoms with E-state index in [1.54, 1.807) is 11.3 Å². The summed E-state index contributed by atoms with van der Waals surface area (Å²) >= 11 is 1.66. The first-order valence-corrected chi connectivity index (χ1v) is 9.00. The van der Waals surface area contributed by atoms with Crippen molar-refractivity contribution in [3.05, 3.63) is 16.1 Å². The van der Waals surface area contributed by atoms with Crippen molar-refractivity contribution in [1.82, 2.24) is 20.5 Å². The highest BCUT2D eigenvalue weighted by Crippen LogP contribution is 2.12. The van der Waals surface area contributed by atoms with Crippen LogP contribution in [0.2, 0.25) is 0 Å². The van der Waals surface area contributed by atoms with Gasteiger partial charge in [0.05, 0.1) is 17.7 Å². The first-order chi connectivity index (χ1) is 10.5. The molecule has 0 aliphatic rings. The lowest BCUT2D eigenvalue weighted by molar-refractivity contribution is 0.178. The number of halogens is 1. The Balaban J connectivity index is 0.00000484. The van der Waals surface area contributed by atoms with E-state index in [0.29, 0.717) is 18.6 Å². The number of hydrogen-bond acceptors (Lipinski definition) is 4. The van der Waals surface area contributed by atoms with Gasteiger partial charge in [-0.05, 0) is 41.5 Å². The van der Waals surface area contributed by atoms with Gasteiger partial charge in [-0.15, -0.1) is 35.3 Å². The predicted octanol–water partition coefficient (Wildman–Crippen LogP) is 3.24. The van der Waals surface area contributed by atoms with Gasteiger partial charge in [0.1, 0.15) is 0 Å². The van der Waals surface area contributed by atoms with Gasteiger partial charge in [-0.3, -0.25) is 4.90 Å². The third-order valence-electron chi connectivity index (χ3n) is 3.56. The molecular formula is C16H32IN5S. The third kappa shape index (κ3) is 8.30. The van der Waals surface area contributed by atoms with E-state index in [2.05, 4.69) is 60.1 Å². The Morgan fingerprint density at radius 1 is 1.26 bits per heavy atom. The Labute approximate surface area is 162 Å². The third-order valence-corrected chi connectivity index (χ3v) is 4.48. The van der Waals surface area contributed by atoms with Crippen molar-refractivity contribution in [2.24, 2.45) is 4.99 Å². The maximum atomic E-state index is 4.65. The molecule has 0 radical (unpaired) electrons. The van der Waals surface area contributed by atoms with Gasteiger partial charge in [0.2, 0.25) is 0 Å². The van der Waals surface area contributed by atoms with Crippen LogP contribution in [0.1, 0.15) is 45.2 Å². The van der Waals surface area contributed by atoms with E-state index in [4.69, 9.17) is 0 Å². The summed E-state index contributed by atoms with van der Waals surface area (Å²) in [6.07, 6.45) is 0. The normalized spacial score (nSPS) is 12.0. The van der Waals surface area contributed by atoms with Crippen LogP contribution < -0.4 is 10.6 Å². The van der Waals surface area contributed by atoms with E-state index in [1.165, 1.54) is 4.88 Å². The highest BCUT2D eigenvalue weighted by Gasteiger charge is 2.12. The van der Waals surface area contributed by atoms with Crippen molar-refractivity contribution in [3.63, 3.8) is 0 Å². The van der Waals surface area contributed by atoms with Gasteiger partial charge < -0.3 is 10.6 Å². The summed E-state index contributed by atoms with van der Waals surface area (Å²) in [5.41, 5.74) is 2.96. The lowest BCUT2D eigenvalue weighted by atomic mass is 10.2. The van der Waals surface area contributed by atoms with E-state index >= 15 is 0 Å². The Bertz CT molecular complexity index is 451. The van der Waals surface area contributed by atoms with Crippen molar-refractivity contribution in [2.45, 2.75) is 60.2 Å². The highest BCUT2D eigenvalue weighted by atomic mass is 127. The number of aryl methyl sites for hydroxylation is 1. The number of thiazole rings is 1. The van der Waals surface area contributed by atoms with Crippen LogP contribution >= 0.6 is 35.3 Å². The van der Waals surface area contributed by atoms with E-state index < -0.39 is 0 Å². The van der Waals surface area contributed by atoms with Crippen LogP contribution in [0.3, 0.4) is 0 Å². The van der Waals surface area contributed by atoms with Crippen molar-refractivity contribution < 1.29 is 0 Å². The molecule has 0 fully saturated rings. The number of hydrogen-bond donors (Lipinski definition) is 2. The lowest BCUT2D eigenvalue weighted by Gasteiger charge is -2.30. The number of nitrogens with zero attached hydrogens (tertiary/aromatic N) is 3. The van der Waals surface area contributed by atoms with E-state index in [-0.39, 0.29) is 24.0 Å². The second-order valence-electron chi connectivity index (χ2n) is 5.91. The fourth-order valence-corrected chi connectivity index (χ4v) is 3.09. The van der Waals surface area contributed by atoms with Crippen molar-refractivity contribution >= 4 is 41.3 Å². The number of nitrogens with one attached hydrogen (secondary N) is 2. The topological polar surface area (TPSA) is 52.6 Å². The second-order valence-corrected chi connectivity index (χ2v) is 6.85. The average molecular weight is 453 g/mol. The molecule has 0 amide bonds. The molecule has 0 spiro atoms. The summed E-state index contributed by atoms with van der Waals surface area (Å²) in [7, 11) is 0. The van der Waals surface area contributed by atoms with E-state index in [0.717, 1.165) is 31.3 Å². The largest absolute Gasteiger partial charge is 0.357 e. The Hall–Kier alpha value is -0.410. The molecular weight excluding hydrogens is 421 g/mol. The Kier molecular flexibility index (Phi) is 11.8. The van der Waals surface area contributed by atoms with Crippen LogP contribution in [-0.2, 0) is 6.54 Å². The molecule has 0 bridgehead atoms. The van der Waals surface area contributed by atoms with Gasteiger partial charge in [-0.25, -0.2) is 9.98 Å². The van der Waals surface area contributed by atoms with Crippen LogP contribution in [0.5, 0.6) is 0 Å². The molecule has 1 aromatic heterocycles. The van der Waals surface area contributed by atoms with Gasteiger partial charge in [-0.1, -0.05) is 0 Å². The molecule has 5 nitrogen and oxygen atoms in total. The SMILES string of the molecule is CCNC(=NCc1scnc1C)NCCN(C(C)C)C(C)C.I. The van der Waals surface area contributed by atoms with Crippen molar-refractivity contribution in [1.29, 1.82) is 0 Å². The van der Waals surface area contributed by atoms with Crippen LogP contribution in [0.25, 0.3) is 0 Å². The molecule has 134 valence electrons. The summed E-state index contributed by atoms with van der Waals surface area (Å²) in [5, 5.41) is 6.73. The zero-order valence-electron chi connectivity index (χ0n) is 15.2. The standard InChI is InChI=1S/C16H31N5S.HI/c1-7-17-16(19-10-15-14(6)20-11-22-15)18-8-9-21(12(2)3)13(4)5;/h11-13H,7-10H2,1-6H3,(H2,17,18,19);1H. The minimum atomic E-state index is 0. The number of rotatable bonds is 8. The maximum absolute atomic E-state index is 4.65. The maximum Gasteiger partial charge on any atom is 0.191 e. The van der Waals surface area contributed by atoms with Crippen LogP contribution in [0.15, 0.2) is 10.5 Å². The molecule has 0 unspecified atom stereocenters. The fourth-order valence-electron chi connectivity index (χ4n) is 2.39. The van der Waals surface area contributed by atoms with E-state index in [9.17, 15) is 0 Å². The quantitative estimate of drug-likeness (QED) is 0.361. The molecule has 0 atom stereocenters. The second kappa shape index (κ2) is 12.0. The lowest BCUT2D eigenvalue weighted by Crippen LogP contribution is -2.45. The zero-order valence-corrected chi connectivity index (χ0v) is 18.4. The van der Waals surface area contributed by atoms with Gasteiger partial charge in [0.15, 0.2) is 5.96 Å². The van der Waals surface area contributed by atoms with Crippen LogP contribution in [-0.4, -0.2) is 47.6 Å². The number of aliphatic imine (C=N–C) groups is 1. The smallest absolute Gasteiger partial charge is 0.191 e. The minimum absolute atomic E-state index is 0. The summed E-state index contributed by atoms with van der Waals surface area (Å²) in [6, 6.07) is 1.11. The number of guanidine groups is 1. The zero-order chi connectivity index (χ0) is 16.5. The van der Waals surface area contributed by atoms with Crippen molar-refractivity contribution in [3.8, 4) is 0 Å². The van der Waals surface area contributed by atoms with Gasteiger partial charge >= 0.3 is 0 Å². The van der Waals surface area contributed by atoms with Crippen LogP contribution in [0, 0.1) is 6.92 Å². The summed E-state index contributed by atoms with van der Waals surface area (Å²) in [4.78, 5) is 12.6. The fraction of sp³-hybridized carbons (Fsp3) is 0.750. The molecule has 2 N–H and O–H groups in total. The first-order valence-electron chi connectivity index (χ1n) is 8.12. The monoisotopic (exact) mass is 453 g/mol. The summed E-state index contributed by atoms with van der Waals surface area (Å²) < 4.78 is 0. The first kappa shape index (κ1) is 22.6. The predicted molar refractivity (Wildman–Crippen MR) is 112 cm³/mol. The van der Waals surface area contributed by atoms with Crippen LogP contribution in [0.4, 0.5) is 0 Å². The van der Waals surface area contributed by atoms with Gasteiger partial charge in [-0.2, -0.15) is 0 Å². The molecule has 0 aromatic carbocycles. The molecule has 0 saturated carbocycles. The Morgan fingerprint density at radius 2 is 1.91 bits per heavy atom. The average Bonchev–Trinajstić information content (AvgIpc) is 2.85. The molecule has 1 heterocycles. The molecule has 1 rings (SSSR count). The molecule has 0 aliphatic heterocycles. The summed E-state index contributed by atoms with van der Waals surface area (Å²) in [6.45, 7) is 16.5.